The quantitative estimate of drug-likeness (QED) is 0.252. The van der Waals surface area contributed by atoms with Crippen molar-refractivity contribution < 1.29 is 31.2 Å². The van der Waals surface area contributed by atoms with Crippen molar-refractivity contribution in [2.45, 2.75) is 62.3 Å². The Balaban J connectivity index is 1.76. The van der Waals surface area contributed by atoms with Crippen LogP contribution in [-0.2, 0) is 32.3 Å². The highest BCUT2D eigenvalue weighted by Gasteiger charge is 2.36. The van der Waals surface area contributed by atoms with Crippen LogP contribution in [0.15, 0.2) is 82.2 Å². The van der Waals surface area contributed by atoms with Crippen LogP contribution < -0.4 is 9.62 Å². The first-order valence-corrected chi connectivity index (χ1v) is 16.2. The maximum atomic E-state index is 14.0. The van der Waals surface area contributed by atoms with Gasteiger partial charge in [-0.25, -0.2) is 8.42 Å². The molecular formula is C30H30BrClF3N3O4S. The molecule has 0 bridgehead atoms. The molecule has 230 valence electrons. The molecule has 1 aliphatic carbocycles. The van der Waals surface area contributed by atoms with Gasteiger partial charge in [-0.15, -0.1) is 0 Å². The fourth-order valence-corrected chi connectivity index (χ4v) is 7.08. The van der Waals surface area contributed by atoms with Gasteiger partial charge in [0.2, 0.25) is 11.8 Å². The molecule has 3 aromatic carbocycles. The number of benzene rings is 3. The third kappa shape index (κ3) is 8.10. The molecule has 1 atom stereocenters. The van der Waals surface area contributed by atoms with Gasteiger partial charge in [0.05, 0.1) is 21.2 Å². The molecular weight excluding hydrogens is 671 g/mol. The van der Waals surface area contributed by atoms with Crippen LogP contribution in [0.5, 0.6) is 0 Å². The number of halogens is 5. The number of sulfonamides is 1. The van der Waals surface area contributed by atoms with Gasteiger partial charge >= 0.3 is 6.18 Å². The largest absolute Gasteiger partial charge is 0.416 e. The number of nitrogens with zero attached hydrogens (tertiary/aromatic N) is 2. The number of hydrogen-bond acceptors (Lipinski definition) is 4. The van der Waals surface area contributed by atoms with Crippen LogP contribution in [0.25, 0.3) is 0 Å². The van der Waals surface area contributed by atoms with Gasteiger partial charge in [-0.1, -0.05) is 70.7 Å². The summed E-state index contributed by atoms with van der Waals surface area (Å²) in [5.41, 5.74) is -1.00. The average Bonchev–Trinajstić information content (AvgIpc) is 3.47. The Morgan fingerprint density at radius 3 is 2.33 bits per heavy atom. The molecule has 0 aromatic heterocycles. The van der Waals surface area contributed by atoms with E-state index < -0.39 is 51.9 Å². The minimum absolute atomic E-state index is 0.0309. The van der Waals surface area contributed by atoms with Gasteiger partial charge in [-0.3, -0.25) is 13.9 Å². The predicted molar refractivity (Wildman–Crippen MR) is 162 cm³/mol. The molecule has 0 spiro atoms. The standard InChI is InChI=1S/C30H30BrClF3N3O4S/c1-20(29(40)36-24-10-5-6-11-24)37(18-21-8-7-9-23(31)16-21)28(39)19-38(43(41,42)25-12-3-2-4-13-25)27-17-22(30(33,34)35)14-15-26(27)32/h2-4,7-9,12-17,20,24H,5-6,10-11,18-19H2,1H3,(H,36,40)/t20-/m1/s1. The number of nitrogens with one attached hydrogen (secondary N) is 1. The van der Waals surface area contributed by atoms with Crippen LogP contribution in [-0.4, -0.2) is 43.8 Å². The van der Waals surface area contributed by atoms with E-state index in [0.29, 0.717) is 15.9 Å². The average molecular weight is 701 g/mol. The van der Waals surface area contributed by atoms with Crippen molar-refractivity contribution in [3.63, 3.8) is 0 Å². The summed E-state index contributed by atoms with van der Waals surface area (Å²) < 4.78 is 70.1. The molecule has 1 saturated carbocycles. The summed E-state index contributed by atoms with van der Waals surface area (Å²) in [6.07, 6.45) is -1.22. The summed E-state index contributed by atoms with van der Waals surface area (Å²) in [5.74, 6) is -1.22. The summed E-state index contributed by atoms with van der Waals surface area (Å²) >= 11 is 9.68. The topological polar surface area (TPSA) is 86.8 Å². The molecule has 1 N–H and O–H groups in total. The van der Waals surface area contributed by atoms with Crippen molar-refractivity contribution in [2.75, 3.05) is 10.8 Å². The molecule has 3 aromatic rings. The molecule has 1 aliphatic rings. The highest BCUT2D eigenvalue weighted by Crippen LogP contribution is 2.37. The van der Waals surface area contributed by atoms with E-state index >= 15 is 0 Å². The SMILES string of the molecule is C[C@H](C(=O)NC1CCCC1)N(Cc1cccc(Br)c1)C(=O)CN(c1cc(C(F)(F)F)ccc1Cl)S(=O)(=O)c1ccccc1. The van der Waals surface area contributed by atoms with Crippen molar-refractivity contribution in [3.05, 3.63) is 93.4 Å². The predicted octanol–water partition coefficient (Wildman–Crippen LogP) is 6.79. The second-order valence-corrected chi connectivity index (χ2v) is 13.5. The molecule has 0 unspecified atom stereocenters. The van der Waals surface area contributed by atoms with Gasteiger partial charge in [0.25, 0.3) is 10.0 Å². The van der Waals surface area contributed by atoms with E-state index in [-0.39, 0.29) is 22.5 Å². The molecule has 7 nitrogen and oxygen atoms in total. The van der Waals surface area contributed by atoms with E-state index in [2.05, 4.69) is 21.2 Å². The first kappa shape index (κ1) is 32.8. The number of hydrogen-bond donors (Lipinski definition) is 1. The van der Waals surface area contributed by atoms with Crippen molar-refractivity contribution in [1.29, 1.82) is 0 Å². The van der Waals surface area contributed by atoms with E-state index in [1.165, 1.54) is 36.1 Å². The lowest BCUT2D eigenvalue weighted by Gasteiger charge is -2.33. The van der Waals surface area contributed by atoms with Crippen molar-refractivity contribution in [2.24, 2.45) is 0 Å². The summed E-state index contributed by atoms with van der Waals surface area (Å²) in [4.78, 5) is 28.3. The number of carbonyl (C=O) groups excluding carboxylic acids is 2. The van der Waals surface area contributed by atoms with Gasteiger partial charge in [0.1, 0.15) is 12.6 Å². The second-order valence-electron chi connectivity index (χ2n) is 10.3. The van der Waals surface area contributed by atoms with Gasteiger partial charge < -0.3 is 10.2 Å². The minimum atomic E-state index is -4.80. The number of rotatable bonds is 10. The van der Waals surface area contributed by atoms with Gasteiger partial charge in [0, 0.05) is 17.1 Å². The first-order chi connectivity index (χ1) is 20.3. The zero-order chi connectivity index (χ0) is 31.4. The van der Waals surface area contributed by atoms with Crippen LogP contribution in [0, 0.1) is 0 Å². The molecule has 0 heterocycles. The fraction of sp³-hybridized carbons (Fsp3) is 0.333. The maximum Gasteiger partial charge on any atom is 0.416 e. The van der Waals surface area contributed by atoms with Crippen molar-refractivity contribution >= 4 is 55.1 Å². The van der Waals surface area contributed by atoms with Crippen LogP contribution >= 0.6 is 27.5 Å². The summed E-state index contributed by atoms with van der Waals surface area (Å²) in [5, 5.41) is 2.67. The summed E-state index contributed by atoms with van der Waals surface area (Å²) in [6, 6.07) is 15.3. The summed E-state index contributed by atoms with van der Waals surface area (Å²) in [6.45, 7) is 0.563. The third-order valence-electron chi connectivity index (χ3n) is 7.26. The molecule has 4 rings (SSSR count). The van der Waals surface area contributed by atoms with Gasteiger partial charge in [-0.2, -0.15) is 13.2 Å². The van der Waals surface area contributed by atoms with Crippen molar-refractivity contribution in [3.8, 4) is 0 Å². The second kappa shape index (κ2) is 13.7. The van der Waals surface area contributed by atoms with E-state index in [9.17, 15) is 31.2 Å². The lowest BCUT2D eigenvalue weighted by molar-refractivity contribution is -0.139. The number of amides is 2. The zero-order valence-electron chi connectivity index (χ0n) is 23.2. The molecule has 1 fully saturated rings. The van der Waals surface area contributed by atoms with Crippen molar-refractivity contribution in [1.82, 2.24) is 10.2 Å². The Morgan fingerprint density at radius 2 is 1.70 bits per heavy atom. The van der Waals surface area contributed by atoms with E-state index in [4.69, 9.17) is 11.6 Å². The Labute approximate surface area is 262 Å². The van der Waals surface area contributed by atoms with E-state index in [0.717, 1.165) is 42.3 Å². The molecule has 0 aliphatic heterocycles. The van der Waals surface area contributed by atoms with Crippen LogP contribution in [0.3, 0.4) is 0 Å². The molecule has 0 saturated heterocycles. The molecule has 13 heteroatoms. The smallest absolute Gasteiger partial charge is 0.352 e. The Bertz CT molecular complexity index is 1570. The highest BCUT2D eigenvalue weighted by atomic mass is 79.9. The number of anilines is 1. The van der Waals surface area contributed by atoms with Crippen LogP contribution in [0.2, 0.25) is 5.02 Å². The number of alkyl halides is 3. The lowest BCUT2D eigenvalue weighted by atomic mass is 10.1. The van der Waals surface area contributed by atoms with E-state index in [1.807, 2.05) is 0 Å². The summed E-state index contributed by atoms with van der Waals surface area (Å²) in [7, 11) is -4.59. The minimum Gasteiger partial charge on any atom is -0.352 e. The Morgan fingerprint density at radius 1 is 1.02 bits per heavy atom. The Kier molecular flexibility index (Phi) is 10.4. The first-order valence-electron chi connectivity index (χ1n) is 13.6. The normalized spacial score (nSPS) is 14.7. The maximum absolute atomic E-state index is 14.0. The number of carbonyl (C=O) groups is 2. The van der Waals surface area contributed by atoms with Gasteiger partial charge in [0.15, 0.2) is 0 Å². The van der Waals surface area contributed by atoms with Crippen LogP contribution in [0.1, 0.15) is 43.7 Å². The Hall–Kier alpha value is -3.09. The molecule has 0 radical (unpaired) electrons. The van der Waals surface area contributed by atoms with Crippen LogP contribution in [0.4, 0.5) is 18.9 Å². The lowest BCUT2D eigenvalue weighted by Crippen LogP contribution is -2.52. The third-order valence-corrected chi connectivity index (χ3v) is 9.85. The zero-order valence-corrected chi connectivity index (χ0v) is 26.3. The fourth-order valence-electron chi connectivity index (χ4n) is 4.92. The molecule has 43 heavy (non-hydrogen) atoms. The van der Waals surface area contributed by atoms with E-state index in [1.54, 1.807) is 30.3 Å². The molecule has 2 amide bonds. The monoisotopic (exact) mass is 699 g/mol. The van der Waals surface area contributed by atoms with Gasteiger partial charge in [-0.05, 0) is 67.8 Å². The highest BCUT2D eigenvalue weighted by molar-refractivity contribution is 9.10.